The Bertz CT molecular complexity index is 657. The number of hydrogen-bond donors (Lipinski definition) is 0. The van der Waals surface area contributed by atoms with E-state index in [0.717, 1.165) is 4.90 Å². The molecule has 0 saturated carbocycles. The van der Waals surface area contributed by atoms with E-state index in [-0.39, 0.29) is 11.5 Å². The Labute approximate surface area is 120 Å². The lowest BCUT2D eigenvalue weighted by molar-refractivity contribution is -0.384. The number of aromatic nitrogens is 1. The van der Waals surface area contributed by atoms with Crippen LogP contribution in [0.25, 0.3) is 0 Å². The molecule has 1 aliphatic heterocycles. The van der Waals surface area contributed by atoms with E-state index in [1.165, 1.54) is 12.3 Å². The Morgan fingerprint density at radius 3 is 2.33 bits per heavy atom. The number of nitro groups is 1. The minimum Gasteiger partial charge on any atom is -0.274 e. The maximum atomic E-state index is 12.4. The van der Waals surface area contributed by atoms with Crippen molar-refractivity contribution in [3.63, 3.8) is 0 Å². The van der Waals surface area contributed by atoms with Crippen LogP contribution in [0.4, 0.5) is 11.5 Å². The first-order valence-electron chi connectivity index (χ1n) is 6.65. The summed E-state index contributed by atoms with van der Waals surface area (Å²) < 4.78 is 0. The Kier molecular flexibility index (Phi) is 3.04. The molecule has 7 nitrogen and oxygen atoms in total. The molecule has 0 N–H and O–H groups in total. The number of anilines is 1. The standard InChI is InChI=1S/C14H13N3O4/c1-8-6-7-15-12(11(8)17(20)21)16-13(18)9-4-2-3-5-10(9)14(16)19/h2-3,6-7,9-10H,4-5H2,1H3/t9-,10-/m0/s1. The third-order valence-electron chi connectivity index (χ3n) is 4.01. The minimum absolute atomic E-state index is 0.163. The van der Waals surface area contributed by atoms with E-state index in [1.807, 2.05) is 12.2 Å². The van der Waals surface area contributed by atoms with E-state index in [2.05, 4.69) is 4.98 Å². The van der Waals surface area contributed by atoms with Gasteiger partial charge in [-0.15, -0.1) is 0 Å². The number of fused-ring (bicyclic) bond motifs is 1. The summed E-state index contributed by atoms with van der Waals surface area (Å²) in [5, 5.41) is 11.2. The fraction of sp³-hybridized carbons (Fsp3) is 0.357. The Morgan fingerprint density at radius 2 is 1.81 bits per heavy atom. The summed E-state index contributed by atoms with van der Waals surface area (Å²) in [6, 6.07) is 1.49. The van der Waals surface area contributed by atoms with Crippen LogP contribution < -0.4 is 4.90 Å². The highest BCUT2D eigenvalue weighted by molar-refractivity contribution is 6.22. The van der Waals surface area contributed by atoms with E-state index < -0.39 is 28.6 Å². The predicted molar refractivity (Wildman–Crippen MR) is 73.5 cm³/mol. The van der Waals surface area contributed by atoms with E-state index in [1.54, 1.807) is 6.92 Å². The van der Waals surface area contributed by atoms with Crippen LogP contribution in [0.15, 0.2) is 24.4 Å². The summed E-state index contributed by atoms with van der Waals surface area (Å²) in [5.41, 5.74) is 0.0874. The average molecular weight is 287 g/mol. The topological polar surface area (TPSA) is 93.4 Å². The quantitative estimate of drug-likeness (QED) is 0.357. The zero-order valence-electron chi connectivity index (χ0n) is 11.4. The second-order valence-corrected chi connectivity index (χ2v) is 5.22. The van der Waals surface area contributed by atoms with Crippen molar-refractivity contribution in [2.75, 3.05) is 4.90 Å². The molecule has 2 heterocycles. The van der Waals surface area contributed by atoms with Crippen molar-refractivity contribution in [1.29, 1.82) is 0 Å². The smallest absolute Gasteiger partial charge is 0.274 e. The SMILES string of the molecule is Cc1ccnc(N2C(=O)[C@H]3CC=CC[C@@H]3C2=O)c1[N+](=O)[O-]. The van der Waals surface area contributed by atoms with Crippen molar-refractivity contribution in [3.05, 3.63) is 40.1 Å². The highest BCUT2D eigenvalue weighted by Crippen LogP contribution is 2.40. The van der Waals surface area contributed by atoms with Gasteiger partial charge in [-0.05, 0) is 25.8 Å². The molecular weight excluding hydrogens is 274 g/mol. The molecular formula is C14H13N3O4. The Morgan fingerprint density at radius 1 is 1.24 bits per heavy atom. The second-order valence-electron chi connectivity index (χ2n) is 5.22. The van der Waals surface area contributed by atoms with Crippen molar-refractivity contribution in [3.8, 4) is 0 Å². The Hall–Kier alpha value is -2.57. The predicted octanol–water partition coefficient (Wildman–Crippen LogP) is 1.75. The molecule has 0 radical (unpaired) electrons. The van der Waals surface area contributed by atoms with Crippen molar-refractivity contribution in [2.24, 2.45) is 11.8 Å². The van der Waals surface area contributed by atoms with Gasteiger partial charge in [0.05, 0.1) is 16.8 Å². The molecule has 2 amide bonds. The van der Waals surface area contributed by atoms with Gasteiger partial charge >= 0.3 is 5.69 Å². The molecule has 0 aromatic carbocycles. The number of hydrogen-bond acceptors (Lipinski definition) is 5. The van der Waals surface area contributed by atoms with Crippen molar-refractivity contribution >= 4 is 23.3 Å². The zero-order chi connectivity index (χ0) is 15.1. The van der Waals surface area contributed by atoms with Gasteiger partial charge in [-0.2, -0.15) is 0 Å². The summed E-state index contributed by atoms with van der Waals surface area (Å²) in [4.78, 5) is 40.3. The van der Waals surface area contributed by atoms with E-state index in [0.29, 0.717) is 18.4 Å². The number of allylic oxidation sites excluding steroid dienone is 2. The monoisotopic (exact) mass is 287 g/mol. The van der Waals surface area contributed by atoms with Crippen LogP contribution in [0.2, 0.25) is 0 Å². The lowest BCUT2D eigenvalue weighted by atomic mass is 9.85. The molecule has 1 aromatic heterocycles. The molecule has 1 aliphatic carbocycles. The fourth-order valence-electron chi connectivity index (χ4n) is 2.93. The van der Waals surface area contributed by atoms with Gasteiger partial charge in [0.15, 0.2) is 0 Å². The number of aryl methyl sites for hydroxylation is 1. The number of pyridine rings is 1. The van der Waals surface area contributed by atoms with Gasteiger partial charge in [0.1, 0.15) is 0 Å². The lowest BCUT2D eigenvalue weighted by Gasteiger charge is -2.14. The van der Waals surface area contributed by atoms with Gasteiger partial charge in [0, 0.05) is 11.8 Å². The third-order valence-corrected chi connectivity index (χ3v) is 4.01. The number of amides is 2. The van der Waals surface area contributed by atoms with Crippen LogP contribution in [0.3, 0.4) is 0 Å². The van der Waals surface area contributed by atoms with Gasteiger partial charge in [-0.25, -0.2) is 9.88 Å². The molecule has 1 aromatic rings. The van der Waals surface area contributed by atoms with Gasteiger partial charge in [0.2, 0.25) is 17.6 Å². The third kappa shape index (κ3) is 1.93. The van der Waals surface area contributed by atoms with Crippen LogP contribution in [0, 0.1) is 28.9 Å². The first-order valence-corrected chi connectivity index (χ1v) is 6.65. The largest absolute Gasteiger partial charge is 0.315 e. The number of imide groups is 1. The van der Waals surface area contributed by atoms with Crippen LogP contribution >= 0.6 is 0 Å². The van der Waals surface area contributed by atoms with Gasteiger partial charge in [0.25, 0.3) is 0 Å². The van der Waals surface area contributed by atoms with Crippen molar-refractivity contribution in [1.82, 2.24) is 4.98 Å². The molecule has 0 unspecified atom stereocenters. The maximum Gasteiger partial charge on any atom is 0.315 e. The van der Waals surface area contributed by atoms with Crippen LogP contribution in [0.5, 0.6) is 0 Å². The summed E-state index contributed by atoms with van der Waals surface area (Å²) >= 11 is 0. The molecule has 0 spiro atoms. The van der Waals surface area contributed by atoms with Crippen molar-refractivity contribution in [2.45, 2.75) is 19.8 Å². The first kappa shape index (κ1) is 13.4. The van der Waals surface area contributed by atoms with Crippen LogP contribution in [0.1, 0.15) is 18.4 Å². The average Bonchev–Trinajstić information content (AvgIpc) is 2.71. The molecule has 108 valence electrons. The van der Waals surface area contributed by atoms with Gasteiger partial charge in [-0.3, -0.25) is 19.7 Å². The first-order chi connectivity index (χ1) is 10.0. The molecule has 0 bridgehead atoms. The minimum atomic E-state index is -0.599. The molecule has 1 fully saturated rings. The zero-order valence-corrected chi connectivity index (χ0v) is 11.4. The lowest BCUT2D eigenvalue weighted by Crippen LogP contribution is -2.32. The molecule has 2 atom stereocenters. The normalized spacial score (nSPS) is 24.3. The highest BCUT2D eigenvalue weighted by atomic mass is 16.6. The fourth-order valence-corrected chi connectivity index (χ4v) is 2.93. The number of carbonyl (C=O) groups is 2. The second kappa shape index (κ2) is 4.76. The molecule has 1 saturated heterocycles. The number of rotatable bonds is 2. The van der Waals surface area contributed by atoms with Crippen LogP contribution in [-0.4, -0.2) is 21.7 Å². The summed E-state index contributed by atoms with van der Waals surface area (Å²) in [7, 11) is 0. The highest BCUT2D eigenvalue weighted by Gasteiger charge is 2.50. The Balaban J connectivity index is 2.10. The van der Waals surface area contributed by atoms with E-state index >= 15 is 0 Å². The number of nitrogens with zero attached hydrogens (tertiary/aromatic N) is 3. The van der Waals surface area contributed by atoms with E-state index in [9.17, 15) is 19.7 Å². The molecule has 21 heavy (non-hydrogen) atoms. The summed E-state index contributed by atoms with van der Waals surface area (Å²) in [5.74, 6) is -1.80. The van der Waals surface area contributed by atoms with Gasteiger partial charge < -0.3 is 0 Å². The van der Waals surface area contributed by atoms with Gasteiger partial charge in [-0.1, -0.05) is 12.2 Å². The molecule has 2 aliphatic rings. The van der Waals surface area contributed by atoms with E-state index in [4.69, 9.17) is 0 Å². The van der Waals surface area contributed by atoms with Crippen molar-refractivity contribution < 1.29 is 14.5 Å². The summed E-state index contributed by atoms with van der Waals surface area (Å²) in [6.07, 6.45) is 6.09. The molecule has 3 rings (SSSR count). The molecule has 7 heteroatoms. The summed E-state index contributed by atoms with van der Waals surface area (Å²) in [6.45, 7) is 1.56. The maximum absolute atomic E-state index is 12.4. The number of carbonyl (C=O) groups excluding carboxylic acids is 2. The van der Waals surface area contributed by atoms with Crippen LogP contribution in [-0.2, 0) is 9.59 Å².